The highest BCUT2D eigenvalue weighted by molar-refractivity contribution is 5.90. The number of nitrogens with zero attached hydrogens (tertiary/aromatic N) is 2. The van der Waals surface area contributed by atoms with Crippen LogP contribution in [0, 0.1) is 0 Å². The Morgan fingerprint density at radius 2 is 1.97 bits per heavy atom. The summed E-state index contributed by atoms with van der Waals surface area (Å²) in [5.41, 5.74) is -0.926. The zero-order chi connectivity index (χ0) is 26.0. The Kier molecular flexibility index (Phi) is 5.60. The highest BCUT2D eigenvalue weighted by Gasteiger charge is 2.45. The second kappa shape index (κ2) is 8.31. The molecule has 8 nitrogen and oxygen atoms in total. The van der Waals surface area contributed by atoms with Crippen LogP contribution in [0.15, 0.2) is 23.0 Å². The van der Waals surface area contributed by atoms with E-state index in [2.05, 4.69) is 10.3 Å². The third-order valence-corrected chi connectivity index (χ3v) is 6.98. The number of hydrogen-bond acceptors (Lipinski definition) is 7. The first-order valence-corrected chi connectivity index (χ1v) is 11.5. The summed E-state index contributed by atoms with van der Waals surface area (Å²) in [6.45, 7) is 4.32. The molecule has 0 radical (unpaired) electrons. The molecule has 0 saturated carbocycles. The van der Waals surface area contributed by atoms with Crippen molar-refractivity contribution in [1.82, 2.24) is 14.9 Å². The van der Waals surface area contributed by atoms with Gasteiger partial charge in [-0.05, 0) is 36.7 Å². The average molecular weight is 503 g/mol. The number of aliphatic hydroxyl groups is 1. The fraction of sp³-hybridized carbons (Fsp3) is 0.400. The molecular weight excluding hydrogens is 479 g/mol. The van der Waals surface area contributed by atoms with Crippen molar-refractivity contribution in [1.29, 1.82) is 0 Å². The van der Waals surface area contributed by atoms with Gasteiger partial charge in [0.1, 0.15) is 12.4 Å². The topological polar surface area (TPSA) is 103 Å². The zero-order valence-electron chi connectivity index (χ0n) is 19.9. The molecule has 190 valence electrons. The number of esters is 1. The summed E-state index contributed by atoms with van der Waals surface area (Å²) in [5, 5.41) is 14.7. The van der Waals surface area contributed by atoms with Gasteiger partial charge in [-0.1, -0.05) is 13.8 Å². The molecule has 0 saturated heterocycles. The number of fused-ring (bicyclic) bond motifs is 5. The van der Waals surface area contributed by atoms with E-state index >= 15 is 0 Å². The van der Waals surface area contributed by atoms with Gasteiger partial charge in [-0.25, -0.2) is 9.78 Å². The zero-order valence-corrected chi connectivity index (χ0v) is 19.9. The summed E-state index contributed by atoms with van der Waals surface area (Å²) in [6, 6.07) is 3.82. The smallest absolute Gasteiger partial charge is 0.420 e. The summed E-state index contributed by atoms with van der Waals surface area (Å²) in [6.07, 6.45) is -4.67. The summed E-state index contributed by atoms with van der Waals surface area (Å²) in [7, 11) is 1.18. The predicted molar refractivity (Wildman–Crippen MR) is 123 cm³/mol. The van der Waals surface area contributed by atoms with Gasteiger partial charge in [-0.2, -0.15) is 13.2 Å². The Balaban J connectivity index is 1.82. The van der Waals surface area contributed by atoms with Gasteiger partial charge in [0.25, 0.3) is 5.56 Å². The third kappa shape index (κ3) is 3.40. The number of benzene rings is 1. The summed E-state index contributed by atoms with van der Waals surface area (Å²) >= 11 is 0. The minimum atomic E-state index is -4.66. The lowest BCUT2D eigenvalue weighted by atomic mass is 9.86. The summed E-state index contributed by atoms with van der Waals surface area (Å²) in [4.78, 5) is 30.4. The monoisotopic (exact) mass is 503 g/mol. The first kappa shape index (κ1) is 24.3. The van der Waals surface area contributed by atoms with Crippen LogP contribution < -0.4 is 15.6 Å². The van der Waals surface area contributed by atoms with Crippen molar-refractivity contribution < 1.29 is 32.5 Å². The number of methoxy groups -OCH3 is 1. The highest BCUT2D eigenvalue weighted by atomic mass is 19.4. The van der Waals surface area contributed by atoms with Crippen molar-refractivity contribution >= 4 is 16.9 Å². The second-order valence-corrected chi connectivity index (χ2v) is 8.87. The number of alkyl halides is 3. The van der Waals surface area contributed by atoms with E-state index in [9.17, 15) is 27.9 Å². The van der Waals surface area contributed by atoms with E-state index in [-0.39, 0.29) is 42.0 Å². The molecule has 0 fully saturated rings. The van der Waals surface area contributed by atoms with Gasteiger partial charge in [-0.15, -0.1) is 0 Å². The van der Waals surface area contributed by atoms with Crippen LogP contribution >= 0.6 is 0 Å². The molecule has 0 spiro atoms. The Morgan fingerprint density at radius 3 is 2.61 bits per heavy atom. The lowest BCUT2D eigenvalue weighted by molar-refractivity contribution is -0.172. The molecule has 5 rings (SSSR count). The number of ether oxygens (including phenoxy) is 2. The van der Waals surface area contributed by atoms with E-state index in [1.165, 1.54) is 23.8 Å². The quantitative estimate of drug-likeness (QED) is 0.403. The Hall–Kier alpha value is -3.44. The number of cyclic esters (lactones) is 1. The van der Waals surface area contributed by atoms with Gasteiger partial charge in [-0.3, -0.25) is 4.79 Å². The molecule has 1 aromatic carbocycles. The number of aromatic nitrogens is 2. The third-order valence-electron chi connectivity index (χ3n) is 6.98. The Labute approximate surface area is 203 Å². The Bertz CT molecular complexity index is 1480. The van der Waals surface area contributed by atoms with Crippen LogP contribution in [0.25, 0.3) is 22.3 Å². The van der Waals surface area contributed by atoms with Gasteiger partial charge < -0.3 is 24.5 Å². The number of carbonyl (C=O) groups is 1. The van der Waals surface area contributed by atoms with Gasteiger partial charge in [0.2, 0.25) is 0 Å². The van der Waals surface area contributed by atoms with Crippen LogP contribution in [-0.2, 0) is 41.0 Å². The molecule has 0 bridgehead atoms. The predicted octanol–water partition coefficient (Wildman–Crippen LogP) is 3.22. The number of hydrogen-bond donors (Lipinski definition) is 2. The first-order chi connectivity index (χ1) is 17.0. The van der Waals surface area contributed by atoms with Crippen LogP contribution in [0.2, 0.25) is 0 Å². The van der Waals surface area contributed by atoms with E-state index in [1.807, 2.05) is 6.92 Å². The van der Waals surface area contributed by atoms with Gasteiger partial charge >= 0.3 is 12.1 Å². The van der Waals surface area contributed by atoms with Crippen molar-refractivity contribution in [2.75, 3.05) is 13.7 Å². The van der Waals surface area contributed by atoms with Crippen molar-refractivity contribution in [2.24, 2.45) is 0 Å². The number of pyridine rings is 2. The fourth-order valence-corrected chi connectivity index (χ4v) is 5.03. The Morgan fingerprint density at radius 1 is 1.22 bits per heavy atom. The van der Waals surface area contributed by atoms with Crippen LogP contribution in [0.3, 0.4) is 0 Å². The van der Waals surface area contributed by atoms with E-state index in [1.54, 1.807) is 6.92 Å². The molecule has 0 amide bonds. The average Bonchev–Trinajstić information content (AvgIpc) is 3.21. The van der Waals surface area contributed by atoms with Gasteiger partial charge in [0, 0.05) is 23.1 Å². The van der Waals surface area contributed by atoms with Gasteiger partial charge in [0.05, 0.1) is 41.7 Å². The molecule has 4 heterocycles. The van der Waals surface area contributed by atoms with Crippen LogP contribution in [0.5, 0.6) is 5.75 Å². The standard InChI is InChI=1S/C25H24F3N3O5/c1-4-24(34)16-8-19-21-14(10-31(19)22(32)15(16)11-36-23(24)33)13(9-29-5-2)12-6-20(35-3)17(25(26,27)28)7-18(12)30-21/h6-8,29,34H,4-5,9-11H2,1-3H3/t24-/m0/s1. The fourth-order valence-electron chi connectivity index (χ4n) is 5.03. The SMILES string of the molecule is CCNCc1c2c(nc3cc(C(F)(F)F)c(OC)cc13)-c1cc3c(c(=O)n1C2)COC(=O)[C@]3(O)CC. The minimum absolute atomic E-state index is 0.0138. The number of nitrogens with one attached hydrogen (secondary N) is 1. The van der Waals surface area contributed by atoms with Crippen molar-refractivity contribution in [3.05, 3.63) is 56.4 Å². The normalized spacial score (nSPS) is 18.6. The minimum Gasteiger partial charge on any atom is -0.496 e. The number of rotatable bonds is 5. The van der Waals surface area contributed by atoms with Crippen LogP contribution in [0.1, 0.15) is 48.1 Å². The molecule has 3 aromatic rings. The van der Waals surface area contributed by atoms with Crippen molar-refractivity contribution in [3.8, 4) is 17.1 Å². The molecule has 2 aliphatic heterocycles. The maximum absolute atomic E-state index is 13.7. The van der Waals surface area contributed by atoms with Crippen molar-refractivity contribution in [3.63, 3.8) is 0 Å². The molecule has 36 heavy (non-hydrogen) atoms. The molecule has 11 heteroatoms. The van der Waals surface area contributed by atoms with E-state index in [0.29, 0.717) is 41.0 Å². The summed E-state index contributed by atoms with van der Waals surface area (Å²) in [5.74, 6) is -1.16. The highest BCUT2D eigenvalue weighted by Crippen LogP contribution is 2.43. The van der Waals surface area contributed by atoms with E-state index in [0.717, 1.165) is 6.07 Å². The molecule has 0 unspecified atom stereocenters. The molecule has 2 aromatic heterocycles. The maximum atomic E-state index is 13.7. The van der Waals surface area contributed by atoms with Crippen LogP contribution in [0.4, 0.5) is 13.2 Å². The molecular formula is C25H24F3N3O5. The number of carbonyl (C=O) groups excluding carboxylic acids is 1. The number of halogens is 3. The second-order valence-electron chi connectivity index (χ2n) is 8.87. The van der Waals surface area contributed by atoms with Gasteiger partial charge in [0.15, 0.2) is 5.60 Å². The van der Waals surface area contributed by atoms with Crippen molar-refractivity contribution in [2.45, 2.75) is 51.7 Å². The van der Waals surface area contributed by atoms with Crippen LogP contribution in [-0.4, -0.2) is 34.3 Å². The molecule has 2 aliphatic rings. The largest absolute Gasteiger partial charge is 0.496 e. The molecule has 2 N–H and O–H groups in total. The summed E-state index contributed by atoms with van der Waals surface area (Å²) < 4.78 is 52.8. The lowest BCUT2D eigenvalue weighted by Gasteiger charge is -2.31. The molecule has 1 atom stereocenters. The van der Waals surface area contributed by atoms with E-state index in [4.69, 9.17) is 9.47 Å². The maximum Gasteiger partial charge on any atom is 0.420 e. The van der Waals surface area contributed by atoms with E-state index < -0.39 is 28.9 Å². The molecule has 0 aliphatic carbocycles. The first-order valence-electron chi connectivity index (χ1n) is 11.5. The lowest BCUT2D eigenvalue weighted by Crippen LogP contribution is -2.44.